The average Bonchev–Trinajstić information content (AvgIpc) is 2.71. The van der Waals surface area contributed by atoms with Crippen LogP contribution in [0.25, 0.3) is 0 Å². The number of ether oxygens (including phenoxy) is 1. The van der Waals surface area contributed by atoms with Crippen LogP contribution in [0.15, 0.2) is 66.7 Å². The summed E-state index contributed by atoms with van der Waals surface area (Å²) in [5, 5.41) is 15.6. The van der Waals surface area contributed by atoms with Crippen LogP contribution in [0, 0.1) is 0 Å². The molecule has 0 heterocycles. The Hall–Kier alpha value is -3.65. The van der Waals surface area contributed by atoms with Crippen LogP contribution in [0.5, 0.6) is 5.75 Å². The molecule has 0 saturated carbocycles. The van der Waals surface area contributed by atoms with Gasteiger partial charge in [0.2, 0.25) is 5.91 Å². The minimum atomic E-state index is -1.26. The van der Waals surface area contributed by atoms with Gasteiger partial charge >= 0.3 is 11.9 Å². The third-order valence-electron chi connectivity index (χ3n) is 3.80. The monoisotopic (exact) mass is 414 g/mol. The molecule has 0 aliphatic rings. The summed E-state index contributed by atoms with van der Waals surface area (Å²) in [6.07, 6.45) is 1.97. The number of amides is 1. The van der Waals surface area contributed by atoms with Crippen LogP contribution in [0.2, 0.25) is 0 Å². The summed E-state index contributed by atoms with van der Waals surface area (Å²) < 4.78 is 6.11. The lowest BCUT2D eigenvalue weighted by molar-refractivity contribution is -0.134. The predicted octanol–water partition coefficient (Wildman–Crippen LogP) is 2.57. The van der Waals surface area contributed by atoms with Crippen LogP contribution in [0.4, 0.5) is 0 Å². The summed E-state index contributed by atoms with van der Waals surface area (Å²) in [7, 11) is 4.09. The Balaban J connectivity index is 0.000000479. The van der Waals surface area contributed by atoms with E-state index in [4.69, 9.17) is 20.7 Å². The number of carbonyl (C=O) groups excluding carboxylic acids is 1. The normalized spacial score (nSPS) is 11.4. The second-order valence-electron chi connectivity index (χ2n) is 6.51. The molecule has 0 spiro atoms. The van der Waals surface area contributed by atoms with Gasteiger partial charge in [0.25, 0.3) is 0 Å². The first-order chi connectivity index (χ1) is 14.2. The van der Waals surface area contributed by atoms with Gasteiger partial charge in [0.15, 0.2) is 0 Å². The Labute approximate surface area is 175 Å². The third kappa shape index (κ3) is 10.0. The van der Waals surface area contributed by atoms with Gasteiger partial charge in [-0.1, -0.05) is 30.3 Å². The Bertz CT molecular complexity index is 832. The van der Waals surface area contributed by atoms with E-state index >= 15 is 0 Å². The molecule has 1 unspecified atom stereocenters. The van der Waals surface area contributed by atoms with Crippen molar-refractivity contribution in [2.45, 2.75) is 12.5 Å². The Kier molecular flexibility index (Phi) is 10.4. The number of carbonyl (C=O) groups is 3. The van der Waals surface area contributed by atoms with Crippen LogP contribution in [-0.4, -0.2) is 53.6 Å². The molecule has 0 fully saturated rings. The molecule has 2 aromatic rings. The van der Waals surface area contributed by atoms with Gasteiger partial charge in [0.1, 0.15) is 11.9 Å². The van der Waals surface area contributed by atoms with Gasteiger partial charge in [-0.3, -0.25) is 4.79 Å². The lowest BCUT2D eigenvalue weighted by atomic mass is 10.1. The highest BCUT2D eigenvalue weighted by Crippen LogP contribution is 2.25. The van der Waals surface area contributed by atoms with Crippen LogP contribution in [0.1, 0.15) is 28.4 Å². The molecule has 2 aromatic carbocycles. The summed E-state index contributed by atoms with van der Waals surface area (Å²) in [5.41, 5.74) is 6.88. The van der Waals surface area contributed by atoms with Crippen molar-refractivity contribution in [2.75, 3.05) is 20.6 Å². The summed E-state index contributed by atoms with van der Waals surface area (Å²) in [6, 6.07) is 17.1. The highest BCUT2D eigenvalue weighted by Gasteiger charge is 2.14. The first kappa shape index (κ1) is 24.4. The Morgan fingerprint density at radius 2 is 1.50 bits per heavy atom. The van der Waals surface area contributed by atoms with Gasteiger partial charge in [0, 0.05) is 30.7 Å². The third-order valence-corrected chi connectivity index (χ3v) is 3.80. The molecule has 1 atom stereocenters. The number of nitrogens with two attached hydrogens (primary N) is 1. The SMILES string of the molecule is CN(C)CCC(Oc1ccc(C(N)=O)cc1)c1ccccc1.O=C(O)C=CC(=O)O. The summed E-state index contributed by atoms with van der Waals surface area (Å²) >= 11 is 0. The van der Waals surface area contributed by atoms with Crippen molar-refractivity contribution in [1.29, 1.82) is 0 Å². The van der Waals surface area contributed by atoms with Gasteiger partial charge in [-0.2, -0.15) is 0 Å². The van der Waals surface area contributed by atoms with Crippen LogP contribution in [0.3, 0.4) is 0 Å². The van der Waals surface area contributed by atoms with Crippen molar-refractivity contribution in [3.8, 4) is 5.75 Å². The molecule has 8 nitrogen and oxygen atoms in total. The first-order valence-electron chi connectivity index (χ1n) is 9.09. The number of benzene rings is 2. The van der Waals surface area contributed by atoms with E-state index in [-0.39, 0.29) is 6.10 Å². The van der Waals surface area contributed by atoms with Gasteiger partial charge in [-0.05, 0) is 43.9 Å². The Morgan fingerprint density at radius 1 is 0.967 bits per heavy atom. The summed E-state index contributed by atoms with van der Waals surface area (Å²) in [5.74, 6) is -2.21. The number of nitrogens with zero attached hydrogens (tertiary/aromatic N) is 1. The topological polar surface area (TPSA) is 130 Å². The smallest absolute Gasteiger partial charge is 0.328 e. The van der Waals surface area contributed by atoms with E-state index in [1.54, 1.807) is 24.3 Å². The second kappa shape index (κ2) is 12.7. The fourth-order valence-corrected chi connectivity index (χ4v) is 2.34. The minimum absolute atomic E-state index is 0.0250. The van der Waals surface area contributed by atoms with E-state index in [1.807, 2.05) is 32.3 Å². The van der Waals surface area contributed by atoms with Crippen LogP contribution >= 0.6 is 0 Å². The van der Waals surface area contributed by atoms with E-state index in [0.717, 1.165) is 24.3 Å². The van der Waals surface area contributed by atoms with E-state index in [2.05, 4.69) is 17.0 Å². The number of aliphatic carboxylic acids is 2. The fourth-order valence-electron chi connectivity index (χ4n) is 2.34. The van der Waals surface area contributed by atoms with Crippen molar-refractivity contribution < 1.29 is 29.3 Å². The molecule has 4 N–H and O–H groups in total. The first-order valence-corrected chi connectivity index (χ1v) is 9.09. The van der Waals surface area contributed by atoms with E-state index in [0.29, 0.717) is 17.7 Å². The maximum Gasteiger partial charge on any atom is 0.328 e. The van der Waals surface area contributed by atoms with Crippen molar-refractivity contribution >= 4 is 17.8 Å². The van der Waals surface area contributed by atoms with Crippen molar-refractivity contribution in [3.63, 3.8) is 0 Å². The molecule has 0 aromatic heterocycles. The van der Waals surface area contributed by atoms with Crippen LogP contribution < -0.4 is 10.5 Å². The Morgan fingerprint density at radius 3 is 1.93 bits per heavy atom. The second-order valence-corrected chi connectivity index (χ2v) is 6.51. The van der Waals surface area contributed by atoms with E-state index < -0.39 is 17.8 Å². The number of hydrogen-bond donors (Lipinski definition) is 3. The van der Waals surface area contributed by atoms with Crippen molar-refractivity contribution in [3.05, 3.63) is 77.9 Å². The molecule has 8 heteroatoms. The molecular formula is C22H26N2O6. The number of rotatable bonds is 9. The molecule has 0 radical (unpaired) electrons. The molecule has 0 aliphatic heterocycles. The number of carboxylic acid groups (broad SMARTS) is 2. The zero-order chi connectivity index (χ0) is 22.5. The minimum Gasteiger partial charge on any atom is -0.486 e. The molecule has 0 saturated heterocycles. The zero-order valence-corrected chi connectivity index (χ0v) is 16.9. The van der Waals surface area contributed by atoms with E-state index in [9.17, 15) is 14.4 Å². The number of hydrogen-bond acceptors (Lipinski definition) is 5. The quantitative estimate of drug-likeness (QED) is 0.538. The lowest BCUT2D eigenvalue weighted by Crippen LogP contribution is -2.18. The average molecular weight is 414 g/mol. The highest BCUT2D eigenvalue weighted by molar-refractivity contribution is 5.92. The molecule has 1 amide bonds. The van der Waals surface area contributed by atoms with Gasteiger partial charge in [0.05, 0.1) is 0 Å². The zero-order valence-electron chi connectivity index (χ0n) is 16.9. The van der Waals surface area contributed by atoms with Crippen LogP contribution in [-0.2, 0) is 9.59 Å². The largest absolute Gasteiger partial charge is 0.486 e. The standard InChI is InChI=1S/C18H22N2O2.C4H4O4/c1-20(2)13-12-17(14-6-4-3-5-7-14)22-16-10-8-15(9-11-16)18(19)21;5-3(6)1-2-4(7)8/h3-11,17H,12-13H2,1-2H3,(H2,19,21);1-2H,(H,5,6)(H,7,8). The summed E-state index contributed by atoms with van der Waals surface area (Å²) in [6.45, 7) is 0.929. The molecule has 0 bridgehead atoms. The number of carboxylic acids is 2. The van der Waals surface area contributed by atoms with E-state index in [1.165, 1.54) is 0 Å². The van der Waals surface area contributed by atoms with Crippen molar-refractivity contribution in [2.24, 2.45) is 5.73 Å². The predicted molar refractivity (Wildman–Crippen MR) is 112 cm³/mol. The van der Waals surface area contributed by atoms with Gasteiger partial charge < -0.3 is 25.6 Å². The van der Waals surface area contributed by atoms with Gasteiger partial charge in [-0.25, -0.2) is 9.59 Å². The van der Waals surface area contributed by atoms with Crippen molar-refractivity contribution in [1.82, 2.24) is 4.90 Å². The molecule has 2 rings (SSSR count). The molecule has 160 valence electrons. The molecule has 0 aliphatic carbocycles. The van der Waals surface area contributed by atoms with Gasteiger partial charge in [-0.15, -0.1) is 0 Å². The maximum absolute atomic E-state index is 11.1. The molecular weight excluding hydrogens is 388 g/mol. The summed E-state index contributed by atoms with van der Waals surface area (Å²) in [4.78, 5) is 32.4. The molecule has 30 heavy (non-hydrogen) atoms. The fraction of sp³-hybridized carbons (Fsp3) is 0.227. The number of primary amides is 1. The lowest BCUT2D eigenvalue weighted by Gasteiger charge is -2.21. The highest BCUT2D eigenvalue weighted by atomic mass is 16.5. The maximum atomic E-state index is 11.1.